The van der Waals surface area contributed by atoms with E-state index in [9.17, 15) is 14.7 Å². The van der Waals surface area contributed by atoms with Crippen molar-refractivity contribution in [3.8, 4) is 0 Å². The molecular weight excluding hydrogens is 448 g/mol. The van der Waals surface area contributed by atoms with Crippen molar-refractivity contribution in [3.05, 3.63) is 106 Å². The maximum atomic E-state index is 13.5. The SMILES string of the molecule is Cc1cc(C)cc(N2C(=O)C(=O)/C(=C(/O)c3ccc(Cl)cc3)C2c2cn(C)c3ccccc23)c1. The molecule has 1 amide bonds. The zero-order chi connectivity index (χ0) is 24.1. The number of fused-ring (bicyclic) bond motifs is 1. The van der Waals surface area contributed by atoms with Gasteiger partial charge < -0.3 is 9.67 Å². The van der Waals surface area contributed by atoms with Gasteiger partial charge in [0.2, 0.25) is 0 Å². The third-order valence-electron chi connectivity index (χ3n) is 6.27. The molecule has 6 heteroatoms. The second-order valence-corrected chi connectivity index (χ2v) is 9.17. The van der Waals surface area contributed by atoms with E-state index in [1.165, 1.54) is 4.90 Å². The molecule has 0 aliphatic carbocycles. The Bertz CT molecular complexity index is 1480. The number of aliphatic hydroxyl groups excluding tert-OH is 1. The Hall–Kier alpha value is -3.83. The average molecular weight is 471 g/mol. The monoisotopic (exact) mass is 470 g/mol. The van der Waals surface area contributed by atoms with Gasteiger partial charge in [0.1, 0.15) is 5.76 Å². The van der Waals surface area contributed by atoms with Crippen molar-refractivity contribution in [1.29, 1.82) is 0 Å². The Labute approximate surface area is 202 Å². The van der Waals surface area contributed by atoms with E-state index in [1.807, 2.05) is 74.1 Å². The first-order chi connectivity index (χ1) is 16.3. The number of hydrogen-bond donors (Lipinski definition) is 1. The Balaban J connectivity index is 1.82. The standard InChI is InChI=1S/C28H23ClN2O3/c1-16-12-17(2)14-20(13-16)31-25(22-15-30(3)23-7-5-4-6-21(22)23)24(27(33)28(31)34)26(32)18-8-10-19(29)11-9-18/h4-15,25,32H,1-3H3/b26-24+. The fraction of sp³-hybridized carbons (Fsp3) is 0.143. The van der Waals surface area contributed by atoms with Gasteiger partial charge in [0.15, 0.2) is 0 Å². The number of benzene rings is 3. The minimum absolute atomic E-state index is 0.0582. The molecule has 0 bridgehead atoms. The van der Waals surface area contributed by atoms with E-state index in [0.717, 1.165) is 27.6 Å². The van der Waals surface area contributed by atoms with Crippen LogP contribution in [-0.4, -0.2) is 21.4 Å². The van der Waals surface area contributed by atoms with Crippen LogP contribution in [0.2, 0.25) is 5.02 Å². The minimum atomic E-state index is -0.789. The van der Waals surface area contributed by atoms with Crippen LogP contribution in [0.5, 0.6) is 0 Å². The fourth-order valence-electron chi connectivity index (χ4n) is 4.84. The van der Waals surface area contributed by atoms with Crippen molar-refractivity contribution in [2.24, 2.45) is 7.05 Å². The van der Waals surface area contributed by atoms with Gasteiger partial charge in [-0.15, -0.1) is 0 Å². The first kappa shape index (κ1) is 22.0. The van der Waals surface area contributed by atoms with Crippen LogP contribution in [0.1, 0.15) is 28.3 Å². The van der Waals surface area contributed by atoms with E-state index in [1.54, 1.807) is 24.3 Å². The Kier molecular flexibility index (Phi) is 5.29. The molecule has 1 aliphatic heterocycles. The lowest BCUT2D eigenvalue weighted by Crippen LogP contribution is -2.29. The molecule has 170 valence electrons. The van der Waals surface area contributed by atoms with E-state index in [4.69, 9.17) is 11.6 Å². The lowest BCUT2D eigenvalue weighted by molar-refractivity contribution is -0.132. The summed E-state index contributed by atoms with van der Waals surface area (Å²) < 4.78 is 1.97. The molecule has 5 rings (SSSR count). The van der Waals surface area contributed by atoms with Crippen LogP contribution in [0.4, 0.5) is 5.69 Å². The summed E-state index contributed by atoms with van der Waals surface area (Å²) >= 11 is 6.02. The van der Waals surface area contributed by atoms with Gasteiger partial charge in [0.05, 0.1) is 11.6 Å². The summed E-state index contributed by atoms with van der Waals surface area (Å²) in [6, 6.07) is 19.4. The zero-order valence-corrected chi connectivity index (χ0v) is 19.8. The number of aliphatic hydroxyl groups is 1. The second kappa shape index (κ2) is 8.19. The molecule has 0 spiro atoms. The predicted molar refractivity (Wildman–Crippen MR) is 135 cm³/mol. The molecule has 1 unspecified atom stereocenters. The van der Waals surface area contributed by atoms with Crippen molar-refractivity contribution >= 4 is 45.6 Å². The largest absolute Gasteiger partial charge is 0.507 e. The van der Waals surface area contributed by atoms with Crippen molar-refractivity contribution in [2.45, 2.75) is 19.9 Å². The Morgan fingerprint density at radius 1 is 0.941 bits per heavy atom. The number of aromatic nitrogens is 1. The number of Topliss-reactive ketones (excluding diaryl/α,β-unsaturated/α-hetero) is 1. The highest BCUT2D eigenvalue weighted by molar-refractivity contribution is 6.52. The number of carbonyl (C=O) groups excluding carboxylic acids is 2. The summed E-state index contributed by atoms with van der Waals surface area (Å²) in [7, 11) is 1.92. The molecule has 1 N–H and O–H groups in total. The molecular formula is C28H23ClN2O3. The molecule has 1 atom stereocenters. The number of rotatable bonds is 3. The van der Waals surface area contributed by atoms with E-state index in [-0.39, 0.29) is 11.3 Å². The molecule has 1 aromatic heterocycles. The lowest BCUT2D eigenvalue weighted by atomic mass is 9.94. The van der Waals surface area contributed by atoms with Crippen LogP contribution in [0, 0.1) is 13.8 Å². The van der Waals surface area contributed by atoms with Crippen LogP contribution < -0.4 is 4.90 Å². The Morgan fingerprint density at radius 2 is 1.59 bits per heavy atom. The number of hydrogen-bond acceptors (Lipinski definition) is 3. The number of nitrogens with zero attached hydrogens (tertiary/aromatic N) is 2. The first-order valence-corrected chi connectivity index (χ1v) is 11.3. The van der Waals surface area contributed by atoms with E-state index in [2.05, 4.69) is 0 Å². The van der Waals surface area contributed by atoms with Crippen LogP contribution in [-0.2, 0) is 16.6 Å². The molecule has 1 aliphatic rings. The predicted octanol–water partition coefficient (Wildman–Crippen LogP) is 6.07. The number of amides is 1. The highest BCUT2D eigenvalue weighted by Gasteiger charge is 2.48. The molecule has 2 heterocycles. The van der Waals surface area contributed by atoms with Crippen molar-refractivity contribution in [3.63, 3.8) is 0 Å². The summed E-state index contributed by atoms with van der Waals surface area (Å²) in [5.74, 6) is -1.61. The van der Waals surface area contributed by atoms with Gasteiger partial charge in [-0.25, -0.2) is 0 Å². The van der Waals surface area contributed by atoms with Crippen molar-refractivity contribution in [1.82, 2.24) is 4.57 Å². The summed E-state index contributed by atoms with van der Waals surface area (Å²) in [4.78, 5) is 28.4. The lowest BCUT2D eigenvalue weighted by Gasteiger charge is -2.25. The van der Waals surface area contributed by atoms with Crippen LogP contribution in [0.3, 0.4) is 0 Å². The molecule has 34 heavy (non-hydrogen) atoms. The zero-order valence-electron chi connectivity index (χ0n) is 19.0. The van der Waals surface area contributed by atoms with Gasteiger partial charge in [-0.1, -0.05) is 35.9 Å². The van der Waals surface area contributed by atoms with Crippen LogP contribution in [0.25, 0.3) is 16.7 Å². The first-order valence-electron chi connectivity index (χ1n) is 11.0. The number of halogens is 1. The smallest absolute Gasteiger partial charge is 0.300 e. The van der Waals surface area contributed by atoms with Gasteiger partial charge in [0, 0.05) is 46.0 Å². The second-order valence-electron chi connectivity index (χ2n) is 8.73. The van der Waals surface area contributed by atoms with E-state index < -0.39 is 17.7 Å². The van der Waals surface area contributed by atoms with E-state index in [0.29, 0.717) is 16.3 Å². The van der Waals surface area contributed by atoms with E-state index >= 15 is 0 Å². The van der Waals surface area contributed by atoms with Gasteiger partial charge in [-0.05, 0) is 67.4 Å². The summed E-state index contributed by atoms with van der Waals surface area (Å²) in [5.41, 5.74) is 4.79. The number of aryl methyl sites for hydroxylation is 3. The Morgan fingerprint density at radius 3 is 2.26 bits per heavy atom. The summed E-state index contributed by atoms with van der Waals surface area (Å²) in [5, 5.41) is 12.7. The van der Waals surface area contributed by atoms with Crippen LogP contribution >= 0.6 is 11.6 Å². The fourth-order valence-corrected chi connectivity index (χ4v) is 4.96. The highest BCUT2D eigenvalue weighted by atomic mass is 35.5. The van der Waals surface area contributed by atoms with Gasteiger partial charge >= 0.3 is 0 Å². The number of ketones is 1. The number of para-hydroxylation sites is 1. The van der Waals surface area contributed by atoms with Crippen molar-refractivity contribution in [2.75, 3.05) is 4.90 Å². The normalized spacial score (nSPS) is 17.6. The van der Waals surface area contributed by atoms with Gasteiger partial charge in [-0.2, -0.15) is 0 Å². The highest BCUT2D eigenvalue weighted by Crippen LogP contribution is 2.45. The molecule has 1 fully saturated rings. The quantitative estimate of drug-likeness (QED) is 0.224. The number of anilines is 1. The molecule has 0 radical (unpaired) electrons. The summed E-state index contributed by atoms with van der Waals surface area (Å²) in [6.45, 7) is 3.90. The average Bonchev–Trinajstić information content (AvgIpc) is 3.27. The third kappa shape index (κ3) is 3.49. The van der Waals surface area contributed by atoms with Gasteiger partial charge in [0.25, 0.3) is 11.7 Å². The molecule has 3 aromatic carbocycles. The minimum Gasteiger partial charge on any atom is -0.507 e. The van der Waals surface area contributed by atoms with Crippen LogP contribution in [0.15, 0.2) is 78.5 Å². The third-order valence-corrected chi connectivity index (χ3v) is 6.52. The topological polar surface area (TPSA) is 62.5 Å². The molecule has 4 aromatic rings. The summed E-state index contributed by atoms with van der Waals surface area (Å²) in [6.07, 6.45) is 1.92. The number of carbonyl (C=O) groups is 2. The van der Waals surface area contributed by atoms with Crippen molar-refractivity contribution < 1.29 is 14.7 Å². The maximum absolute atomic E-state index is 13.5. The van der Waals surface area contributed by atoms with Gasteiger partial charge in [-0.3, -0.25) is 14.5 Å². The molecule has 0 saturated carbocycles. The molecule has 1 saturated heterocycles. The molecule has 5 nitrogen and oxygen atoms in total. The maximum Gasteiger partial charge on any atom is 0.300 e.